The van der Waals surface area contributed by atoms with E-state index in [1.807, 2.05) is 24.3 Å². The monoisotopic (exact) mass is 286 g/mol. The topological polar surface area (TPSA) is 61.3 Å². The second kappa shape index (κ2) is 6.72. The largest absolute Gasteiger partial charge is 0.396 e. The molecule has 0 radical (unpaired) electrons. The molecule has 5 heteroatoms. The number of fused-ring (bicyclic) bond motifs is 1. The molecule has 5 nitrogen and oxygen atoms in total. The number of piperidine rings is 1. The Morgan fingerprint density at radius 1 is 1.10 bits per heavy atom. The summed E-state index contributed by atoms with van der Waals surface area (Å²) in [6.45, 7) is 2.98. The lowest BCUT2D eigenvalue weighted by atomic mass is 10.1. The van der Waals surface area contributed by atoms with Crippen LogP contribution in [0.15, 0.2) is 24.3 Å². The number of aromatic nitrogens is 2. The van der Waals surface area contributed by atoms with E-state index in [1.54, 1.807) is 0 Å². The predicted octanol–water partition coefficient (Wildman–Crippen LogP) is 2.41. The molecule has 2 heterocycles. The van der Waals surface area contributed by atoms with Crippen molar-refractivity contribution in [3.63, 3.8) is 0 Å². The van der Waals surface area contributed by atoms with Gasteiger partial charge in [-0.3, -0.25) is 0 Å². The Bertz CT molecular complexity index is 596. The van der Waals surface area contributed by atoms with Crippen molar-refractivity contribution in [2.75, 3.05) is 36.5 Å². The van der Waals surface area contributed by atoms with Gasteiger partial charge in [-0.25, -0.2) is 4.98 Å². The minimum atomic E-state index is 0.189. The number of aliphatic hydroxyl groups is 1. The van der Waals surface area contributed by atoms with E-state index in [4.69, 9.17) is 15.1 Å². The van der Waals surface area contributed by atoms with Gasteiger partial charge in [0.05, 0.1) is 5.52 Å². The zero-order valence-corrected chi connectivity index (χ0v) is 12.3. The van der Waals surface area contributed by atoms with Crippen molar-refractivity contribution in [3.8, 4) is 0 Å². The molecule has 0 atom stereocenters. The lowest BCUT2D eigenvalue weighted by molar-refractivity contribution is 0.292. The fourth-order valence-electron chi connectivity index (χ4n) is 2.72. The highest BCUT2D eigenvalue weighted by atomic mass is 16.3. The van der Waals surface area contributed by atoms with E-state index >= 15 is 0 Å². The first-order valence-electron chi connectivity index (χ1n) is 7.75. The highest BCUT2D eigenvalue weighted by Gasteiger charge is 2.15. The zero-order valence-electron chi connectivity index (χ0n) is 12.3. The highest BCUT2D eigenvalue weighted by Crippen LogP contribution is 2.25. The quantitative estimate of drug-likeness (QED) is 0.827. The van der Waals surface area contributed by atoms with Crippen LogP contribution >= 0.6 is 0 Å². The van der Waals surface area contributed by atoms with Crippen LogP contribution in [0.3, 0.4) is 0 Å². The van der Waals surface area contributed by atoms with Gasteiger partial charge in [-0.2, -0.15) is 4.98 Å². The van der Waals surface area contributed by atoms with Crippen molar-refractivity contribution < 1.29 is 5.11 Å². The number of hydrogen-bond donors (Lipinski definition) is 2. The molecule has 1 aromatic heterocycles. The van der Waals surface area contributed by atoms with Crippen molar-refractivity contribution in [2.45, 2.75) is 25.7 Å². The molecule has 0 spiro atoms. The Hall–Kier alpha value is -1.88. The van der Waals surface area contributed by atoms with Crippen molar-refractivity contribution >= 4 is 22.7 Å². The maximum Gasteiger partial charge on any atom is 0.227 e. The second-order valence-electron chi connectivity index (χ2n) is 5.44. The molecule has 2 N–H and O–H groups in total. The van der Waals surface area contributed by atoms with E-state index in [-0.39, 0.29) is 6.61 Å². The summed E-state index contributed by atoms with van der Waals surface area (Å²) in [5, 5.41) is 13.3. The number of nitrogens with zero attached hydrogens (tertiary/aromatic N) is 3. The van der Waals surface area contributed by atoms with Crippen molar-refractivity contribution in [1.29, 1.82) is 0 Å². The van der Waals surface area contributed by atoms with E-state index in [0.717, 1.165) is 48.7 Å². The number of rotatable bonds is 5. The van der Waals surface area contributed by atoms with Crippen molar-refractivity contribution in [1.82, 2.24) is 9.97 Å². The van der Waals surface area contributed by atoms with Gasteiger partial charge in [0.15, 0.2) is 0 Å². The van der Waals surface area contributed by atoms with E-state index < -0.39 is 0 Å². The molecule has 1 aliphatic heterocycles. The minimum absolute atomic E-state index is 0.189. The molecule has 1 aromatic carbocycles. The lowest BCUT2D eigenvalue weighted by Crippen LogP contribution is -2.31. The predicted molar refractivity (Wildman–Crippen MR) is 85.8 cm³/mol. The standard InChI is InChI=1S/C16H22N4O/c21-12-6-9-17-15-13-7-2-3-8-14(13)18-16(19-15)20-10-4-1-5-11-20/h2-3,7-8,21H,1,4-6,9-12H2,(H,17,18,19). The first-order chi connectivity index (χ1) is 10.4. The SMILES string of the molecule is OCCCNc1nc(N2CCCCC2)nc2ccccc12. The Morgan fingerprint density at radius 2 is 1.90 bits per heavy atom. The first-order valence-corrected chi connectivity index (χ1v) is 7.75. The summed E-state index contributed by atoms with van der Waals surface area (Å²) in [5.74, 6) is 1.69. The average Bonchev–Trinajstić information content (AvgIpc) is 2.55. The van der Waals surface area contributed by atoms with E-state index in [9.17, 15) is 0 Å². The molecule has 21 heavy (non-hydrogen) atoms. The summed E-state index contributed by atoms with van der Waals surface area (Å²) in [6, 6.07) is 8.08. The zero-order chi connectivity index (χ0) is 14.5. The van der Waals surface area contributed by atoms with Crippen molar-refractivity contribution in [3.05, 3.63) is 24.3 Å². The first kappa shape index (κ1) is 14.1. The number of nitrogens with one attached hydrogen (secondary N) is 1. The van der Waals surface area contributed by atoms with Crippen LogP contribution in [0.4, 0.5) is 11.8 Å². The summed E-state index contributed by atoms with van der Waals surface area (Å²) < 4.78 is 0. The number of benzene rings is 1. The number of anilines is 2. The van der Waals surface area contributed by atoms with Gasteiger partial charge in [0, 0.05) is 31.6 Å². The van der Waals surface area contributed by atoms with Crippen LogP contribution in [0.25, 0.3) is 10.9 Å². The summed E-state index contributed by atoms with van der Waals surface area (Å²) >= 11 is 0. The molecule has 0 saturated carbocycles. The van der Waals surface area contributed by atoms with Crippen LogP contribution < -0.4 is 10.2 Å². The Labute approximate surface area is 125 Å². The average molecular weight is 286 g/mol. The molecule has 3 rings (SSSR count). The van der Waals surface area contributed by atoms with Crippen LogP contribution in [-0.4, -0.2) is 41.3 Å². The molecule has 0 bridgehead atoms. The van der Waals surface area contributed by atoms with Gasteiger partial charge in [0.25, 0.3) is 0 Å². The van der Waals surface area contributed by atoms with Gasteiger partial charge in [0.1, 0.15) is 5.82 Å². The Balaban J connectivity index is 1.93. The van der Waals surface area contributed by atoms with Gasteiger partial charge in [-0.1, -0.05) is 12.1 Å². The molecule has 1 saturated heterocycles. The molecule has 2 aromatic rings. The van der Waals surface area contributed by atoms with Crippen LogP contribution in [0.2, 0.25) is 0 Å². The fraction of sp³-hybridized carbons (Fsp3) is 0.500. The Morgan fingerprint density at radius 3 is 2.71 bits per heavy atom. The number of hydrogen-bond acceptors (Lipinski definition) is 5. The molecule has 0 aliphatic carbocycles. The number of aliphatic hydroxyl groups excluding tert-OH is 1. The van der Waals surface area contributed by atoms with E-state index in [0.29, 0.717) is 0 Å². The maximum atomic E-state index is 8.94. The molecule has 1 fully saturated rings. The molecular weight excluding hydrogens is 264 g/mol. The van der Waals surface area contributed by atoms with Gasteiger partial charge in [-0.15, -0.1) is 0 Å². The summed E-state index contributed by atoms with van der Waals surface area (Å²) in [7, 11) is 0. The highest BCUT2D eigenvalue weighted by molar-refractivity contribution is 5.90. The third-order valence-corrected chi connectivity index (χ3v) is 3.86. The molecule has 112 valence electrons. The van der Waals surface area contributed by atoms with Gasteiger partial charge < -0.3 is 15.3 Å². The van der Waals surface area contributed by atoms with Crippen LogP contribution in [-0.2, 0) is 0 Å². The third kappa shape index (κ3) is 3.24. The summed E-state index contributed by atoms with van der Waals surface area (Å²) in [4.78, 5) is 11.7. The van der Waals surface area contributed by atoms with Crippen molar-refractivity contribution in [2.24, 2.45) is 0 Å². The molecule has 1 aliphatic rings. The van der Waals surface area contributed by atoms with Crippen LogP contribution in [0.1, 0.15) is 25.7 Å². The summed E-state index contributed by atoms with van der Waals surface area (Å²) in [6.07, 6.45) is 4.44. The van der Waals surface area contributed by atoms with Crippen LogP contribution in [0.5, 0.6) is 0 Å². The molecule has 0 amide bonds. The van der Waals surface area contributed by atoms with E-state index in [1.165, 1.54) is 19.3 Å². The van der Waals surface area contributed by atoms with E-state index in [2.05, 4.69) is 10.2 Å². The maximum absolute atomic E-state index is 8.94. The summed E-state index contributed by atoms with van der Waals surface area (Å²) in [5.41, 5.74) is 0.972. The minimum Gasteiger partial charge on any atom is -0.396 e. The smallest absolute Gasteiger partial charge is 0.227 e. The fourth-order valence-corrected chi connectivity index (χ4v) is 2.72. The lowest BCUT2D eigenvalue weighted by Gasteiger charge is -2.27. The Kier molecular flexibility index (Phi) is 4.50. The normalized spacial score (nSPS) is 15.4. The number of para-hydroxylation sites is 1. The van der Waals surface area contributed by atoms with Crippen LogP contribution in [0, 0.1) is 0 Å². The van der Waals surface area contributed by atoms with Gasteiger partial charge in [-0.05, 0) is 37.8 Å². The van der Waals surface area contributed by atoms with Gasteiger partial charge >= 0.3 is 0 Å². The molecular formula is C16H22N4O. The second-order valence-corrected chi connectivity index (χ2v) is 5.44. The van der Waals surface area contributed by atoms with Gasteiger partial charge in [0.2, 0.25) is 5.95 Å². The molecule has 0 unspecified atom stereocenters. The third-order valence-electron chi connectivity index (χ3n) is 3.86.